The second-order valence-corrected chi connectivity index (χ2v) is 9.87. The SMILES string of the molecule is CC(C)(O)C(C)(C)OBc1cc2c3ccccc3c(-c3ccccc3)cc2c2ccccc12. The third kappa shape index (κ3) is 3.82. The third-order valence-corrected chi connectivity index (χ3v) is 7.11. The molecule has 0 amide bonds. The zero-order valence-corrected chi connectivity index (χ0v) is 19.7. The van der Waals surface area contributed by atoms with Crippen LogP contribution in [0, 0.1) is 0 Å². The number of fused-ring (bicyclic) bond motifs is 5. The van der Waals surface area contributed by atoms with Gasteiger partial charge in [-0.2, -0.15) is 0 Å². The van der Waals surface area contributed by atoms with E-state index in [-0.39, 0.29) is 0 Å². The molecule has 5 aromatic carbocycles. The van der Waals surface area contributed by atoms with Crippen molar-refractivity contribution < 1.29 is 9.76 Å². The zero-order valence-electron chi connectivity index (χ0n) is 19.7. The van der Waals surface area contributed by atoms with Gasteiger partial charge in [-0.1, -0.05) is 84.9 Å². The molecule has 5 rings (SSSR count). The summed E-state index contributed by atoms with van der Waals surface area (Å²) in [5.74, 6) is 0. The van der Waals surface area contributed by atoms with E-state index in [1.807, 2.05) is 13.8 Å². The first-order valence-electron chi connectivity index (χ1n) is 11.5. The van der Waals surface area contributed by atoms with Crippen molar-refractivity contribution in [1.82, 2.24) is 0 Å². The molecular weight excluding hydrogens is 403 g/mol. The molecule has 0 bridgehead atoms. The van der Waals surface area contributed by atoms with Crippen LogP contribution in [0.25, 0.3) is 43.4 Å². The summed E-state index contributed by atoms with van der Waals surface area (Å²) in [7, 11) is 0.433. The molecule has 33 heavy (non-hydrogen) atoms. The van der Waals surface area contributed by atoms with Crippen LogP contribution in [-0.2, 0) is 4.65 Å². The molecule has 5 aromatic rings. The summed E-state index contributed by atoms with van der Waals surface area (Å²) in [4.78, 5) is 0. The summed E-state index contributed by atoms with van der Waals surface area (Å²) in [6.07, 6.45) is 0. The van der Waals surface area contributed by atoms with Crippen molar-refractivity contribution in [2.45, 2.75) is 38.9 Å². The molecule has 0 aromatic heterocycles. The minimum Gasteiger partial charge on any atom is -0.427 e. The topological polar surface area (TPSA) is 29.5 Å². The molecule has 0 aliphatic rings. The van der Waals surface area contributed by atoms with Crippen molar-refractivity contribution in [3.63, 3.8) is 0 Å². The number of rotatable bonds is 5. The highest BCUT2D eigenvalue weighted by Gasteiger charge is 2.35. The molecule has 164 valence electrons. The Labute approximate surface area is 196 Å². The van der Waals surface area contributed by atoms with Crippen LogP contribution in [-0.4, -0.2) is 23.8 Å². The van der Waals surface area contributed by atoms with Crippen LogP contribution in [0.15, 0.2) is 91.0 Å². The Balaban J connectivity index is 1.78. The summed E-state index contributed by atoms with van der Waals surface area (Å²) in [5.41, 5.74) is 1.97. The first kappa shape index (κ1) is 21.7. The summed E-state index contributed by atoms with van der Waals surface area (Å²) >= 11 is 0. The van der Waals surface area contributed by atoms with Gasteiger partial charge in [0.1, 0.15) is 0 Å². The zero-order chi connectivity index (χ0) is 23.2. The fourth-order valence-electron chi connectivity index (χ4n) is 4.44. The number of hydrogen-bond acceptors (Lipinski definition) is 2. The van der Waals surface area contributed by atoms with Crippen LogP contribution in [0.1, 0.15) is 27.7 Å². The number of benzene rings is 5. The molecule has 2 nitrogen and oxygen atoms in total. The fraction of sp³-hybridized carbons (Fsp3) is 0.200. The molecule has 0 unspecified atom stereocenters. The Morgan fingerprint density at radius 3 is 1.76 bits per heavy atom. The summed E-state index contributed by atoms with van der Waals surface area (Å²) in [6.45, 7) is 7.48. The van der Waals surface area contributed by atoms with Gasteiger partial charge in [0.2, 0.25) is 0 Å². The number of hydrogen-bond donors (Lipinski definition) is 1. The summed E-state index contributed by atoms with van der Waals surface area (Å²) in [6, 6.07) is 32.4. The van der Waals surface area contributed by atoms with Gasteiger partial charge >= 0.3 is 7.48 Å². The Morgan fingerprint density at radius 1 is 0.606 bits per heavy atom. The predicted molar refractivity (Wildman–Crippen MR) is 143 cm³/mol. The van der Waals surface area contributed by atoms with Crippen molar-refractivity contribution in [2.75, 3.05) is 0 Å². The van der Waals surface area contributed by atoms with Gasteiger partial charge in [0.15, 0.2) is 0 Å². The van der Waals surface area contributed by atoms with E-state index in [1.165, 1.54) is 43.4 Å². The van der Waals surface area contributed by atoms with Gasteiger partial charge in [0, 0.05) is 0 Å². The van der Waals surface area contributed by atoms with Gasteiger partial charge in [0.05, 0.1) is 11.2 Å². The van der Waals surface area contributed by atoms with E-state index in [0.29, 0.717) is 7.48 Å². The Morgan fingerprint density at radius 2 is 1.12 bits per heavy atom. The van der Waals surface area contributed by atoms with Crippen LogP contribution in [0.2, 0.25) is 0 Å². The van der Waals surface area contributed by atoms with Gasteiger partial charge in [-0.25, -0.2) is 0 Å². The maximum atomic E-state index is 10.6. The smallest absolute Gasteiger partial charge is 0.310 e. The maximum Gasteiger partial charge on any atom is 0.310 e. The van der Waals surface area contributed by atoms with E-state index >= 15 is 0 Å². The maximum absolute atomic E-state index is 10.6. The van der Waals surface area contributed by atoms with Gasteiger partial charge in [-0.05, 0) is 82.7 Å². The van der Waals surface area contributed by atoms with E-state index < -0.39 is 11.2 Å². The average Bonchev–Trinajstić information content (AvgIpc) is 2.82. The molecule has 0 spiro atoms. The lowest BCUT2D eigenvalue weighted by Gasteiger charge is -2.37. The molecule has 0 aliphatic heterocycles. The Kier molecular flexibility index (Phi) is 5.27. The van der Waals surface area contributed by atoms with Crippen molar-refractivity contribution in [2.24, 2.45) is 0 Å². The highest BCUT2D eigenvalue weighted by atomic mass is 16.5. The second kappa shape index (κ2) is 8.02. The predicted octanol–water partition coefficient (Wildman–Crippen LogP) is 6.36. The molecule has 0 saturated heterocycles. The van der Waals surface area contributed by atoms with Crippen molar-refractivity contribution in [3.8, 4) is 11.1 Å². The molecular formula is C30H29BO2. The fourth-order valence-corrected chi connectivity index (χ4v) is 4.44. The van der Waals surface area contributed by atoms with E-state index in [9.17, 15) is 5.11 Å². The summed E-state index contributed by atoms with van der Waals surface area (Å²) in [5, 5.41) is 17.9. The molecule has 0 heterocycles. The van der Waals surface area contributed by atoms with Gasteiger partial charge in [0.25, 0.3) is 0 Å². The lowest BCUT2D eigenvalue weighted by atomic mass is 9.78. The molecule has 0 saturated carbocycles. The van der Waals surface area contributed by atoms with Gasteiger partial charge in [-0.15, -0.1) is 0 Å². The van der Waals surface area contributed by atoms with E-state index in [2.05, 4.69) is 91.0 Å². The quantitative estimate of drug-likeness (QED) is 0.259. The van der Waals surface area contributed by atoms with Crippen molar-refractivity contribution in [3.05, 3.63) is 91.0 Å². The Hall–Kier alpha value is -3.14. The lowest BCUT2D eigenvalue weighted by Crippen LogP contribution is -2.49. The second-order valence-electron chi connectivity index (χ2n) is 9.87. The van der Waals surface area contributed by atoms with Crippen molar-refractivity contribution in [1.29, 1.82) is 0 Å². The molecule has 0 atom stereocenters. The van der Waals surface area contributed by atoms with Gasteiger partial charge < -0.3 is 9.76 Å². The van der Waals surface area contributed by atoms with Crippen LogP contribution in [0.3, 0.4) is 0 Å². The monoisotopic (exact) mass is 432 g/mol. The largest absolute Gasteiger partial charge is 0.427 e. The minimum atomic E-state index is -0.947. The molecule has 0 aliphatic carbocycles. The molecule has 0 fully saturated rings. The minimum absolute atomic E-state index is 0.433. The van der Waals surface area contributed by atoms with Crippen LogP contribution in [0.5, 0.6) is 0 Å². The van der Waals surface area contributed by atoms with Crippen LogP contribution in [0.4, 0.5) is 0 Å². The molecule has 3 heteroatoms. The molecule has 1 N–H and O–H groups in total. The summed E-state index contributed by atoms with van der Waals surface area (Å²) < 4.78 is 6.29. The highest BCUT2D eigenvalue weighted by Crippen LogP contribution is 2.37. The average molecular weight is 432 g/mol. The van der Waals surface area contributed by atoms with Gasteiger partial charge in [-0.3, -0.25) is 0 Å². The van der Waals surface area contributed by atoms with Crippen LogP contribution < -0.4 is 5.46 Å². The lowest BCUT2D eigenvalue weighted by molar-refractivity contribution is -0.0893. The van der Waals surface area contributed by atoms with Crippen molar-refractivity contribution >= 4 is 45.3 Å². The van der Waals surface area contributed by atoms with Crippen LogP contribution >= 0.6 is 0 Å². The van der Waals surface area contributed by atoms with E-state index in [1.54, 1.807) is 13.8 Å². The van der Waals surface area contributed by atoms with E-state index in [0.717, 1.165) is 5.46 Å². The van der Waals surface area contributed by atoms with E-state index in [4.69, 9.17) is 4.65 Å². The number of aliphatic hydroxyl groups is 1. The molecule has 0 radical (unpaired) electrons. The third-order valence-electron chi connectivity index (χ3n) is 7.11. The Bertz CT molecular complexity index is 1460. The first-order chi connectivity index (χ1) is 15.8. The normalized spacial score (nSPS) is 12.5. The standard InChI is InChI=1S/C30H29BO2/c1-29(2,32)30(3,4)33-31-28-19-27-22-15-9-8-14-21(22)25(20-12-6-5-7-13-20)18-26(27)23-16-10-11-17-24(23)28/h5-19,31-32H,1-4H3. The highest BCUT2D eigenvalue weighted by molar-refractivity contribution is 6.53. The first-order valence-corrected chi connectivity index (χ1v) is 11.5.